The number of ether oxygens (including phenoxy) is 3. The highest BCUT2D eigenvalue weighted by Gasteiger charge is 2.38. The van der Waals surface area contributed by atoms with Crippen molar-refractivity contribution in [1.29, 1.82) is 0 Å². The largest absolute Gasteiger partial charge is 0.494 e. The minimum absolute atomic E-state index is 0.0323. The third kappa shape index (κ3) is 5.11. The zero-order valence-corrected chi connectivity index (χ0v) is 20.2. The fraction of sp³-hybridized carbons (Fsp3) is 0.429. The molecule has 1 heterocycles. The Morgan fingerprint density at radius 1 is 0.853 bits per heavy atom. The van der Waals surface area contributed by atoms with Crippen LogP contribution in [0.15, 0.2) is 53.7 Å². The van der Waals surface area contributed by atoms with Crippen molar-refractivity contribution in [3.63, 3.8) is 0 Å². The number of methoxy groups -OCH3 is 1. The molecule has 4 rings (SSSR count). The van der Waals surface area contributed by atoms with Gasteiger partial charge in [0.15, 0.2) is 17.3 Å². The maximum absolute atomic E-state index is 13.4. The van der Waals surface area contributed by atoms with Crippen molar-refractivity contribution in [1.82, 2.24) is 5.32 Å². The van der Waals surface area contributed by atoms with Gasteiger partial charge < -0.3 is 19.5 Å². The van der Waals surface area contributed by atoms with Gasteiger partial charge in [0, 0.05) is 30.0 Å². The summed E-state index contributed by atoms with van der Waals surface area (Å²) in [7, 11) is 1.60. The van der Waals surface area contributed by atoms with Crippen molar-refractivity contribution in [2.75, 3.05) is 20.3 Å². The first kappa shape index (κ1) is 23.9. The number of nitrogens with one attached hydrogen (secondary N) is 1. The summed E-state index contributed by atoms with van der Waals surface area (Å²) in [5, 5.41) is 2.99. The minimum Gasteiger partial charge on any atom is -0.494 e. The molecule has 2 aromatic rings. The molecule has 0 saturated heterocycles. The van der Waals surface area contributed by atoms with Crippen LogP contribution < -0.4 is 19.5 Å². The number of rotatable bonds is 9. The van der Waals surface area contributed by atoms with Crippen molar-refractivity contribution >= 4 is 11.7 Å². The molecule has 2 aromatic carbocycles. The van der Waals surface area contributed by atoms with Gasteiger partial charge in [0.1, 0.15) is 5.75 Å². The van der Waals surface area contributed by atoms with Crippen LogP contribution in [0.5, 0.6) is 17.2 Å². The predicted molar refractivity (Wildman–Crippen MR) is 131 cm³/mol. The maximum Gasteiger partial charge on any atom is 0.225 e. The highest BCUT2D eigenvalue weighted by Crippen LogP contribution is 2.44. The molecule has 180 valence electrons. The first-order chi connectivity index (χ1) is 16.5. The molecule has 0 fully saturated rings. The molecule has 0 radical (unpaired) electrons. The Morgan fingerprint density at radius 2 is 1.56 bits per heavy atom. The summed E-state index contributed by atoms with van der Waals surface area (Å²) in [4.78, 5) is 26.0. The van der Waals surface area contributed by atoms with Crippen LogP contribution in [-0.2, 0) is 9.59 Å². The summed E-state index contributed by atoms with van der Waals surface area (Å²) in [5.41, 5.74) is 3.45. The van der Waals surface area contributed by atoms with E-state index in [4.69, 9.17) is 14.2 Å². The topological polar surface area (TPSA) is 73.9 Å². The third-order valence-electron chi connectivity index (χ3n) is 6.41. The molecule has 0 bridgehead atoms. The molecule has 1 amide bonds. The van der Waals surface area contributed by atoms with E-state index in [-0.39, 0.29) is 29.9 Å². The lowest BCUT2D eigenvalue weighted by Crippen LogP contribution is -2.38. The molecule has 1 aliphatic heterocycles. The lowest BCUT2D eigenvalue weighted by Gasteiger charge is -2.34. The second kappa shape index (κ2) is 10.8. The Bertz CT molecular complexity index is 1070. The van der Waals surface area contributed by atoms with Gasteiger partial charge in [-0.2, -0.15) is 0 Å². The number of carbonyl (C=O) groups excluding carboxylic acids is 2. The number of amides is 1. The number of Topliss-reactive ketones (excluding diaryl/α,β-unsaturated/α-hetero) is 1. The van der Waals surface area contributed by atoms with E-state index in [1.165, 1.54) is 0 Å². The fourth-order valence-corrected chi connectivity index (χ4v) is 4.77. The number of carbonyl (C=O) groups is 2. The minimum atomic E-state index is -0.281. The van der Waals surface area contributed by atoms with Gasteiger partial charge in [-0.3, -0.25) is 9.59 Å². The van der Waals surface area contributed by atoms with E-state index in [1.807, 2.05) is 49.4 Å². The lowest BCUT2D eigenvalue weighted by atomic mass is 9.73. The van der Waals surface area contributed by atoms with Gasteiger partial charge in [-0.1, -0.05) is 32.0 Å². The van der Waals surface area contributed by atoms with Gasteiger partial charge in [0.25, 0.3) is 0 Å². The number of ketones is 1. The third-order valence-corrected chi connectivity index (χ3v) is 6.41. The summed E-state index contributed by atoms with van der Waals surface area (Å²) in [5.74, 6) is 1.90. The second-order valence-electron chi connectivity index (χ2n) is 8.90. The summed E-state index contributed by atoms with van der Waals surface area (Å²) in [6, 6.07) is 13.7. The highest BCUT2D eigenvalue weighted by atomic mass is 16.5. The molecule has 2 unspecified atom stereocenters. The molecule has 0 aromatic heterocycles. The summed E-state index contributed by atoms with van der Waals surface area (Å²) < 4.78 is 17.0. The molecular formula is C28H33NO5. The van der Waals surface area contributed by atoms with Gasteiger partial charge in [-0.25, -0.2) is 0 Å². The van der Waals surface area contributed by atoms with E-state index >= 15 is 0 Å². The van der Waals surface area contributed by atoms with Gasteiger partial charge in [-0.15, -0.1) is 0 Å². The van der Waals surface area contributed by atoms with Crippen molar-refractivity contribution in [3.05, 3.63) is 64.9 Å². The molecule has 2 atom stereocenters. The van der Waals surface area contributed by atoms with Crippen LogP contribution in [0.25, 0.3) is 0 Å². The smallest absolute Gasteiger partial charge is 0.225 e. The molecule has 0 spiro atoms. The Labute approximate surface area is 201 Å². The molecule has 2 aliphatic rings. The molecule has 0 saturated carbocycles. The summed E-state index contributed by atoms with van der Waals surface area (Å²) in [6.45, 7) is 5.40. The molecule has 1 aliphatic carbocycles. The van der Waals surface area contributed by atoms with E-state index < -0.39 is 0 Å². The number of benzene rings is 2. The van der Waals surface area contributed by atoms with Crippen LogP contribution in [0, 0.1) is 0 Å². The van der Waals surface area contributed by atoms with Crippen LogP contribution in [0.4, 0.5) is 0 Å². The van der Waals surface area contributed by atoms with Gasteiger partial charge in [0.2, 0.25) is 5.91 Å². The molecule has 34 heavy (non-hydrogen) atoms. The molecule has 6 heteroatoms. The number of hydrogen-bond donors (Lipinski definition) is 1. The fourth-order valence-electron chi connectivity index (χ4n) is 4.77. The van der Waals surface area contributed by atoms with Gasteiger partial charge in [-0.05, 0) is 60.6 Å². The zero-order valence-electron chi connectivity index (χ0n) is 20.2. The SMILES string of the molecule is CCCOc1ccc(C2CC(=O)C3=C(C2)NC(=O)CC3c2ccc(OCCC)c(OC)c2)cc1. The number of hydrogen-bond acceptors (Lipinski definition) is 5. The molecule has 6 nitrogen and oxygen atoms in total. The lowest BCUT2D eigenvalue weighted by molar-refractivity contribution is -0.122. The van der Waals surface area contributed by atoms with Crippen molar-refractivity contribution in [3.8, 4) is 17.2 Å². The van der Waals surface area contributed by atoms with E-state index in [0.29, 0.717) is 37.6 Å². The van der Waals surface area contributed by atoms with E-state index in [0.717, 1.165) is 41.0 Å². The van der Waals surface area contributed by atoms with Crippen LogP contribution in [0.2, 0.25) is 0 Å². The van der Waals surface area contributed by atoms with E-state index in [1.54, 1.807) is 7.11 Å². The Kier molecular flexibility index (Phi) is 7.56. The van der Waals surface area contributed by atoms with Crippen molar-refractivity contribution in [2.24, 2.45) is 0 Å². The normalized spacial score (nSPS) is 20.0. The maximum atomic E-state index is 13.4. The average Bonchev–Trinajstić information content (AvgIpc) is 2.85. The van der Waals surface area contributed by atoms with Crippen LogP contribution >= 0.6 is 0 Å². The van der Waals surface area contributed by atoms with Gasteiger partial charge in [0.05, 0.1) is 20.3 Å². The first-order valence-electron chi connectivity index (χ1n) is 12.1. The Morgan fingerprint density at radius 3 is 2.26 bits per heavy atom. The first-order valence-corrected chi connectivity index (χ1v) is 12.1. The predicted octanol–water partition coefficient (Wildman–Crippen LogP) is 5.28. The van der Waals surface area contributed by atoms with E-state index in [9.17, 15) is 9.59 Å². The Balaban J connectivity index is 1.60. The van der Waals surface area contributed by atoms with Crippen LogP contribution in [0.1, 0.15) is 68.9 Å². The van der Waals surface area contributed by atoms with E-state index in [2.05, 4.69) is 12.2 Å². The molecule has 1 N–H and O–H groups in total. The van der Waals surface area contributed by atoms with Crippen molar-refractivity contribution in [2.45, 2.75) is 57.8 Å². The summed E-state index contributed by atoms with van der Waals surface area (Å²) in [6.07, 6.45) is 3.16. The summed E-state index contributed by atoms with van der Waals surface area (Å²) >= 11 is 0. The quantitative estimate of drug-likeness (QED) is 0.548. The van der Waals surface area contributed by atoms with Crippen LogP contribution in [0.3, 0.4) is 0 Å². The number of allylic oxidation sites excluding steroid dienone is 2. The van der Waals surface area contributed by atoms with Gasteiger partial charge >= 0.3 is 0 Å². The highest BCUT2D eigenvalue weighted by molar-refractivity contribution is 6.02. The zero-order chi connectivity index (χ0) is 24.1. The Hall–Kier alpha value is -3.28. The monoisotopic (exact) mass is 463 g/mol. The standard InChI is InChI=1S/C28H33NO5/c1-4-12-33-21-9-6-18(7-10-21)20-14-23-28(24(30)15-20)22(17-27(31)29-23)19-8-11-25(34-13-5-2)26(16-19)32-3/h6-11,16,20,22H,4-5,12-15,17H2,1-3H3,(H,29,31). The molecular weight excluding hydrogens is 430 g/mol. The van der Waals surface area contributed by atoms with Crippen molar-refractivity contribution < 1.29 is 23.8 Å². The average molecular weight is 464 g/mol. The van der Waals surface area contributed by atoms with Crippen LogP contribution in [-0.4, -0.2) is 32.0 Å². The second-order valence-corrected chi connectivity index (χ2v) is 8.90.